The Balaban J connectivity index is 1.82. The number of rotatable bonds is 3. The van der Waals surface area contributed by atoms with Crippen molar-refractivity contribution < 1.29 is 0 Å². The molecule has 0 radical (unpaired) electrons. The van der Waals surface area contributed by atoms with Crippen molar-refractivity contribution >= 4 is 27.3 Å². The molecule has 4 nitrogen and oxygen atoms in total. The number of fused-ring (bicyclic) bond motifs is 1. The van der Waals surface area contributed by atoms with Crippen LogP contribution < -0.4 is 5.73 Å². The van der Waals surface area contributed by atoms with Crippen LogP contribution in [0.5, 0.6) is 0 Å². The first kappa shape index (κ1) is 16.6. The molecule has 3 aromatic rings. The highest BCUT2D eigenvalue weighted by molar-refractivity contribution is 9.10. The van der Waals surface area contributed by atoms with E-state index in [1.807, 2.05) is 18.3 Å². The van der Waals surface area contributed by atoms with Gasteiger partial charge in [-0.1, -0.05) is 34.5 Å². The SMILES string of the molecule is CC1CCCCN1Cc1c(-c2ccc(Br)cc2)nc2ccc(N)cn12. The van der Waals surface area contributed by atoms with Gasteiger partial charge in [0.15, 0.2) is 0 Å². The van der Waals surface area contributed by atoms with Crippen molar-refractivity contribution in [2.45, 2.75) is 38.8 Å². The zero-order valence-electron chi connectivity index (χ0n) is 14.5. The summed E-state index contributed by atoms with van der Waals surface area (Å²) in [5.74, 6) is 0. The number of nitrogens with zero attached hydrogens (tertiary/aromatic N) is 3. The second kappa shape index (κ2) is 6.81. The fourth-order valence-corrected chi connectivity index (χ4v) is 3.95. The van der Waals surface area contributed by atoms with Crippen LogP contribution >= 0.6 is 15.9 Å². The summed E-state index contributed by atoms with van der Waals surface area (Å²) in [6.07, 6.45) is 5.87. The van der Waals surface area contributed by atoms with Crippen LogP contribution in [0.3, 0.4) is 0 Å². The van der Waals surface area contributed by atoms with E-state index >= 15 is 0 Å². The summed E-state index contributed by atoms with van der Waals surface area (Å²) < 4.78 is 3.24. The number of halogens is 1. The molecular weight excluding hydrogens is 376 g/mol. The Morgan fingerprint density at radius 1 is 1.16 bits per heavy atom. The van der Waals surface area contributed by atoms with E-state index < -0.39 is 0 Å². The molecule has 1 aliphatic heterocycles. The van der Waals surface area contributed by atoms with E-state index in [1.165, 1.54) is 25.0 Å². The van der Waals surface area contributed by atoms with Gasteiger partial charge in [-0.2, -0.15) is 0 Å². The molecular formula is C20H23BrN4. The highest BCUT2D eigenvalue weighted by Crippen LogP contribution is 2.29. The van der Waals surface area contributed by atoms with E-state index in [1.54, 1.807) is 0 Å². The first-order valence-corrected chi connectivity index (χ1v) is 9.67. The van der Waals surface area contributed by atoms with Gasteiger partial charge in [0.05, 0.1) is 11.4 Å². The number of piperidine rings is 1. The first-order valence-electron chi connectivity index (χ1n) is 8.88. The van der Waals surface area contributed by atoms with Gasteiger partial charge in [0.1, 0.15) is 5.65 Å². The Morgan fingerprint density at radius 3 is 2.72 bits per heavy atom. The maximum Gasteiger partial charge on any atom is 0.137 e. The number of likely N-dealkylation sites (tertiary alicyclic amines) is 1. The van der Waals surface area contributed by atoms with Crippen LogP contribution in [0, 0.1) is 0 Å². The van der Waals surface area contributed by atoms with Gasteiger partial charge in [-0.3, -0.25) is 4.90 Å². The molecule has 0 spiro atoms. The molecule has 0 saturated carbocycles. The molecule has 1 atom stereocenters. The highest BCUT2D eigenvalue weighted by Gasteiger charge is 2.22. The molecule has 0 aliphatic carbocycles. The molecule has 0 bridgehead atoms. The zero-order valence-corrected chi connectivity index (χ0v) is 16.0. The smallest absolute Gasteiger partial charge is 0.137 e. The number of benzene rings is 1. The molecule has 1 aliphatic rings. The number of aromatic nitrogens is 2. The summed E-state index contributed by atoms with van der Waals surface area (Å²) in [6, 6.07) is 12.9. The fraction of sp³-hybridized carbons (Fsp3) is 0.350. The predicted molar refractivity (Wildman–Crippen MR) is 106 cm³/mol. The average molecular weight is 399 g/mol. The zero-order chi connectivity index (χ0) is 17.4. The van der Waals surface area contributed by atoms with E-state index in [0.717, 1.165) is 40.2 Å². The highest BCUT2D eigenvalue weighted by atomic mass is 79.9. The number of pyridine rings is 1. The Morgan fingerprint density at radius 2 is 1.96 bits per heavy atom. The van der Waals surface area contributed by atoms with Crippen LogP contribution in [0.2, 0.25) is 0 Å². The van der Waals surface area contributed by atoms with Gasteiger partial charge in [-0.15, -0.1) is 0 Å². The summed E-state index contributed by atoms with van der Waals surface area (Å²) in [4.78, 5) is 7.48. The van der Waals surface area contributed by atoms with Crippen molar-refractivity contribution in [2.75, 3.05) is 12.3 Å². The normalized spacial score (nSPS) is 18.7. The number of anilines is 1. The summed E-state index contributed by atoms with van der Waals surface area (Å²) in [5.41, 5.74) is 11.2. The van der Waals surface area contributed by atoms with E-state index in [4.69, 9.17) is 10.7 Å². The maximum atomic E-state index is 6.05. The van der Waals surface area contributed by atoms with Gasteiger partial charge in [-0.25, -0.2) is 4.98 Å². The van der Waals surface area contributed by atoms with Crippen LogP contribution in [0.25, 0.3) is 16.9 Å². The average Bonchev–Trinajstić information content (AvgIpc) is 2.95. The topological polar surface area (TPSA) is 46.6 Å². The van der Waals surface area contributed by atoms with Crippen molar-refractivity contribution in [3.8, 4) is 11.3 Å². The van der Waals surface area contributed by atoms with Crippen molar-refractivity contribution in [2.24, 2.45) is 0 Å². The summed E-state index contributed by atoms with van der Waals surface area (Å²) >= 11 is 3.52. The van der Waals surface area contributed by atoms with E-state index in [0.29, 0.717) is 6.04 Å². The second-order valence-corrected chi connectivity index (χ2v) is 7.84. The lowest BCUT2D eigenvalue weighted by Gasteiger charge is -2.33. The number of hydrogen-bond acceptors (Lipinski definition) is 3. The molecule has 5 heteroatoms. The van der Waals surface area contributed by atoms with Gasteiger partial charge >= 0.3 is 0 Å². The van der Waals surface area contributed by atoms with Crippen LogP contribution in [0.15, 0.2) is 47.1 Å². The lowest BCUT2D eigenvalue weighted by atomic mass is 10.0. The minimum absolute atomic E-state index is 0.609. The third-order valence-corrected chi connectivity index (χ3v) is 5.68. The number of nitrogen functional groups attached to an aromatic ring is 1. The van der Waals surface area contributed by atoms with Crippen LogP contribution in [-0.2, 0) is 6.54 Å². The minimum atomic E-state index is 0.609. The number of hydrogen-bond donors (Lipinski definition) is 1. The molecule has 2 N–H and O–H groups in total. The van der Waals surface area contributed by atoms with Gasteiger partial charge in [0, 0.05) is 34.5 Å². The third kappa shape index (κ3) is 3.31. The van der Waals surface area contributed by atoms with E-state index in [9.17, 15) is 0 Å². The van der Waals surface area contributed by atoms with Crippen molar-refractivity contribution in [1.82, 2.24) is 14.3 Å². The first-order chi connectivity index (χ1) is 12.1. The number of imidazole rings is 1. The molecule has 1 fully saturated rings. The summed E-state index contributed by atoms with van der Waals surface area (Å²) in [6.45, 7) is 4.38. The molecule has 25 heavy (non-hydrogen) atoms. The lowest BCUT2D eigenvalue weighted by molar-refractivity contribution is 0.151. The Bertz CT molecular complexity index is 885. The Labute approximate surface area is 156 Å². The molecule has 2 aromatic heterocycles. The Hall–Kier alpha value is -1.85. The van der Waals surface area contributed by atoms with Crippen LogP contribution in [0.1, 0.15) is 31.9 Å². The molecule has 130 valence electrons. The van der Waals surface area contributed by atoms with E-state index in [-0.39, 0.29) is 0 Å². The lowest BCUT2D eigenvalue weighted by Crippen LogP contribution is -2.37. The van der Waals surface area contributed by atoms with Gasteiger partial charge in [0.2, 0.25) is 0 Å². The maximum absolute atomic E-state index is 6.05. The fourth-order valence-electron chi connectivity index (χ4n) is 3.68. The molecule has 1 unspecified atom stereocenters. The monoisotopic (exact) mass is 398 g/mol. The third-order valence-electron chi connectivity index (χ3n) is 5.15. The number of nitrogens with two attached hydrogens (primary N) is 1. The van der Waals surface area contributed by atoms with Crippen LogP contribution in [-0.4, -0.2) is 26.9 Å². The molecule has 0 amide bonds. The van der Waals surface area contributed by atoms with Crippen LogP contribution in [0.4, 0.5) is 5.69 Å². The van der Waals surface area contributed by atoms with Crippen molar-refractivity contribution in [1.29, 1.82) is 0 Å². The van der Waals surface area contributed by atoms with Gasteiger partial charge < -0.3 is 10.1 Å². The quantitative estimate of drug-likeness (QED) is 0.693. The standard InChI is InChI=1S/C20H23BrN4/c1-14-4-2-3-11-24(14)13-18-20(15-5-7-16(21)8-6-15)23-19-10-9-17(22)12-25(18)19/h5-10,12,14H,2-4,11,13,22H2,1H3. The molecule has 4 rings (SSSR count). The minimum Gasteiger partial charge on any atom is -0.398 e. The largest absolute Gasteiger partial charge is 0.398 e. The molecule has 1 aromatic carbocycles. The summed E-state index contributed by atoms with van der Waals surface area (Å²) in [5, 5.41) is 0. The van der Waals surface area contributed by atoms with E-state index in [2.05, 4.69) is 56.4 Å². The summed E-state index contributed by atoms with van der Waals surface area (Å²) in [7, 11) is 0. The molecule has 1 saturated heterocycles. The molecule has 3 heterocycles. The Kier molecular flexibility index (Phi) is 4.52. The van der Waals surface area contributed by atoms with Crippen molar-refractivity contribution in [3.05, 3.63) is 52.8 Å². The predicted octanol–water partition coefficient (Wildman–Crippen LogP) is 4.72. The van der Waals surface area contributed by atoms with Crippen molar-refractivity contribution in [3.63, 3.8) is 0 Å². The van der Waals surface area contributed by atoms with Gasteiger partial charge in [-0.05, 0) is 50.6 Å². The van der Waals surface area contributed by atoms with Gasteiger partial charge in [0.25, 0.3) is 0 Å². The second-order valence-electron chi connectivity index (χ2n) is 6.92.